The molecule has 0 heterocycles. The normalized spacial score (nSPS) is 8.94. The Morgan fingerprint density at radius 2 is 1.53 bits per heavy atom. The summed E-state index contributed by atoms with van der Waals surface area (Å²) in [6.45, 7) is 2.47. The van der Waals surface area contributed by atoms with Gasteiger partial charge in [0, 0.05) is 35.2 Å². The van der Waals surface area contributed by atoms with Crippen molar-refractivity contribution in [3.05, 3.63) is 0 Å². The van der Waals surface area contributed by atoms with Crippen molar-refractivity contribution in [2.45, 2.75) is 20.0 Å². The number of aliphatic carboxylic acids is 1. The molecule has 0 bridgehead atoms. The van der Waals surface area contributed by atoms with E-state index < -0.39 is 12.1 Å². The van der Waals surface area contributed by atoms with Crippen molar-refractivity contribution in [1.82, 2.24) is 4.90 Å². The number of methoxy groups -OCH3 is 1. The summed E-state index contributed by atoms with van der Waals surface area (Å²) in [5.41, 5.74) is 0. The van der Waals surface area contributed by atoms with Crippen LogP contribution in [0.4, 0.5) is 0 Å². The first-order chi connectivity index (χ1) is 7.69. The summed E-state index contributed by atoms with van der Waals surface area (Å²) in [6, 6.07) is 0. The van der Waals surface area contributed by atoms with Gasteiger partial charge in [-0.1, -0.05) is 0 Å². The predicted molar refractivity (Wildman–Crippen MR) is 64.8 cm³/mol. The number of aliphatic hydroxyl groups is 2. The van der Waals surface area contributed by atoms with Gasteiger partial charge >= 0.3 is 0 Å². The Balaban J connectivity index is -0.0000000676. The second-order valence-electron chi connectivity index (χ2n) is 3.03. The van der Waals surface area contributed by atoms with Crippen LogP contribution in [0.15, 0.2) is 0 Å². The predicted octanol–water partition coefficient (Wildman–Crippen LogP) is -0.583. The summed E-state index contributed by atoms with van der Waals surface area (Å²) >= 11 is 0. The molecule has 106 valence electrons. The molecule has 7 heteroatoms. The van der Waals surface area contributed by atoms with E-state index in [4.69, 9.17) is 20.1 Å². The second-order valence-corrected chi connectivity index (χ2v) is 3.03. The van der Waals surface area contributed by atoms with Crippen molar-refractivity contribution in [1.29, 1.82) is 0 Å². The molecule has 0 rings (SSSR count). The molecule has 0 fully saturated rings. The van der Waals surface area contributed by atoms with E-state index in [-0.39, 0.29) is 6.61 Å². The Kier molecular flexibility index (Phi) is 35.4. The van der Waals surface area contributed by atoms with Crippen LogP contribution in [0.2, 0.25) is 0 Å². The number of carboxylic acid groups (broad SMARTS) is 1. The maximum absolute atomic E-state index is 9.43. The quantitative estimate of drug-likeness (QED) is 0.570. The minimum atomic E-state index is -0.833. The summed E-state index contributed by atoms with van der Waals surface area (Å²) in [5.74, 6) is -0.833. The van der Waals surface area contributed by atoms with Crippen LogP contribution in [0.1, 0.15) is 13.8 Å². The smallest absolute Gasteiger partial charge is 0.300 e. The molecule has 0 saturated carbocycles. The van der Waals surface area contributed by atoms with Gasteiger partial charge in [-0.05, 0) is 6.92 Å². The number of nitrogens with zero attached hydrogens (tertiary/aromatic N) is 1. The molecule has 1 amide bonds. The maximum atomic E-state index is 9.43. The first kappa shape index (κ1) is 24.9. The van der Waals surface area contributed by atoms with Gasteiger partial charge in [0.25, 0.3) is 5.97 Å². The van der Waals surface area contributed by atoms with Crippen LogP contribution < -0.4 is 0 Å². The molecule has 0 aliphatic heterocycles. The number of carboxylic acids is 1. The number of ether oxygens (including phenoxy) is 1. The van der Waals surface area contributed by atoms with Gasteiger partial charge in [-0.15, -0.1) is 0 Å². The third-order valence-electron chi connectivity index (χ3n) is 0.475. The molecule has 7 nitrogen and oxygen atoms in total. The van der Waals surface area contributed by atoms with Crippen LogP contribution >= 0.6 is 0 Å². The molecule has 3 N–H and O–H groups in total. The molecule has 1 atom stereocenters. The lowest BCUT2D eigenvalue weighted by atomic mass is 10.5. The molecule has 0 radical (unpaired) electrons. The molecular weight excluding hydrogens is 230 g/mol. The zero-order valence-corrected chi connectivity index (χ0v) is 11.4. The van der Waals surface area contributed by atoms with Crippen molar-refractivity contribution < 1.29 is 29.6 Å². The number of amides is 1. The Hall–Kier alpha value is -1.18. The number of carbonyl (C=O) groups excluding carboxylic acids is 1. The van der Waals surface area contributed by atoms with Gasteiger partial charge in [0.2, 0.25) is 6.41 Å². The molecular formula is C10H25NO6. The van der Waals surface area contributed by atoms with Crippen LogP contribution in [0.3, 0.4) is 0 Å². The highest BCUT2D eigenvalue weighted by atomic mass is 16.4. The average molecular weight is 255 g/mol. The van der Waals surface area contributed by atoms with Crippen molar-refractivity contribution in [2.75, 3.05) is 34.9 Å². The lowest BCUT2D eigenvalue weighted by molar-refractivity contribution is -0.134. The Morgan fingerprint density at radius 1 is 1.41 bits per heavy atom. The highest BCUT2D eigenvalue weighted by molar-refractivity contribution is 5.62. The molecule has 0 aromatic rings. The van der Waals surface area contributed by atoms with Gasteiger partial charge in [-0.3, -0.25) is 9.59 Å². The molecule has 0 aliphatic carbocycles. The van der Waals surface area contributed by atoms with Crippen LogP contribution in [-0.2, 0) is 14.3 Å². The van der Waals surface area contributed by atoms with Gasteiger partial charge in [-0.25, -0.2) is 0 Å². The number of aliphatic hydroxyl groups excluding tert-OH is 2. The van der Waals surface area contributed by atoms with Gasteiger partial charge in [0.05, 0.1) is 12.7 Å². The third kappa shape index (κ3) is 306. The Labute approximate surface area is 103 Å². The molecule has 0 saturated heterocycles. The monoisotopic (exact) mass is 255 g/mol. The van der Waals surface area contributed by atoms with Gasteiger partial charge in [-0.2, -0.15) is 0 Å². The fourth-order valence-corrected chi connectivity index (χ4v) is 0. The number of hydrogen-bond acceptors (Lipinski definition) is 5. The van der Waals surface area contributed by atoms with Gasteiger partial charge in [0.15, 0.2) is 0 Å². The van der Waals surface area contributed by atoms with Gasteiger partial charge in [0.1, 0.15) is 0 Å². The molecule has 17 heavy (non-hydrogen) atoms. The number of carbonyl (C=O) groups is 2. The largest absolute Gasteiger partial charge is 0.481 e. The van der Waals surface area contributed by atoms with Crippen LogP contribution in [0.5, 0.6) is 0 Å². The summed E-state index contributed by atoms with van der Waals surface area (Å²) in [7, 11) is 6.62. The summed E-state index contributed by atoms with van der Waals surface area (Å²) in [6.07, 6.45) is 0.190. The third-order valence-corrected chi connectivity index (χ3v) is 0.475. The molecule has 0 aromatic heterocycles. The van der Waals surface area contributed by atoms with E-state index in [1.54, 1.807) is 28.3 Å². The van der Waals surface area contributed by atoms with E-state index in [9.17, 15) is 4.79 Å². The van der Waals surface area contributed by atoms with Crippen molar-refractivity contribution in [2.24, 2.45) is 0 Å². The fourth-order valence-electron chi connectivity index (χ4n) is 0. The summed E-state index contributed by atoms with van der Waals surface area (Å²) < 4.78 is 4.25. The molecule has 0 aliphatic rings. The average Bonchev–Trinajstić information content (AvgIpc) is 2.19. The minimum Gasteiger partial charge on any atom is -0.481 e. The Bertz CT molecular complexity index is 146. The SMILES string of the molecule is CC(=O)O.CC(O)CO.CN(C)C=O.COC. The van der Waals surface area contributed by atoms with Crippen LogP contribution in [0, 0.1) is 0 Å². The van der Waals surface area contributed by atoms with Crippen LogP contribution in [0.25, 0.3) is 0 Å². The van der Waals surface area contributed by atoms with Gasteiger partial charge < -0.3 is 25.0 Å². The highest BCUT2D eigenvalue weighted by Gasteiger charge is 1.83. The van der Waals surface area contributed by atoms with E-state index in [1.807, 2.05) is 0 Å². The second kappa shape index (κ2) is 24.2. The molecule has 0 aromatic carbocycles. The molecule has 0 spiro atoms. The minimum absolute atomic E-state index is 0.139. The van der Waals surface area contributed by atoms with E-state index in [0.29, 0.717) is 0 Å². The van der Waals surface area contributed by atoms with Crippen molar-refractivity contribution in [3.8, 4) is 0 Å². The lowest BCUT2D eigenvalue weighted by Gasteiger charge is -1.93. The fraction of sp³-hybridized carbons (Fsp3) is 0.800. The lowest BCUT2D eigenvalue weighted by Crippen LogP contribution is -2.06. The van der Waals surface area contributed by atoms with E-state index in [1.165, 1.54) is 11.8 Å². The standard InChI is InChI=1S/C3H7NO.C3H8O2.C2H4O2.C2H6O/c1-4(2)3-5;1-3(5)2-4;1-2(3)4;1-3-2/h3H,1-2H3;3-5H,2H2,1H3;1H3,(H,3,4);1-2H3. The Morgan fingerprint density at radius 3 is 1.53 bits per heavy atom. The zero-order chi connectivity index (χ0) is 14.9. The van der Waals surface area contributed by atoms with Crippen LogP contribution in [-0.4, -0.2) is 73.6 Å². The first-order valence-corrected chi connectivity index (χ1v) is 4.69. The van der Waals surface area contributed by atoms with E-state index in [0.717, 1.165) is 13.3 Å². The topological polar surface area (TPSA) is 107 Å². The van der Waals surface area contributed by atoms with E-state index in [2.05, 4.69) is 4.74 Å². The first-order valence-electron chi connectivity index (χ1n) is 4.69. The van der Waals surface area contributed by atoms with E-state index >= 15 is 0 Å². The molecule has 1 unspecified atom stereocenters. The summed E-state index contributed by atoms with van der Waals surface area (Å²) in [4.78, 5) is 19.9. The number of rotatable bonds is 2. The highest BCUT2D eigenvalue weighted by Crippen LogP contribution is 1.68. The zero-order valence-electron chi connectivity index (χ0n) is 11.4. The van der Waals surface area contributed by atoms with Crippen molar-refractivity contribution in [3.63, 3.8) is 0 Å². The number of hydrogen-bond donors (Lipinski definition) is 3. The summed E-state index contributed by atoms with van der Waals surface area (Å²) in [5, 5.41) is 23.4. The van der Waals surface area contributed by atoms with Crippen molar-refractivity contribution >= 4 is 12.4 Å². The maximum Gasteiger partial charge on any atom is 0.300 e.